The van der Waals surface area contributed by atoms with Crippen LogP contribution in [-0.4, -0.2) is 11.1 Å². The van der Waals surface area contributed by atoms with Gasteiger partial charge in [-0.25, -0.2) is 0 Å². The molecule has 2 nitrogen and oxygen atoms in total. The zero-order chi connectivity index (χ0) is 6.57. The van der Waals surface area contributed by atoms with Crippen molar-refractivity contribution in [3.05, 3.63) is 0 Å². The minimum absolute atomic E-state index is 0. The van der Waals surface area contributed by atoms with Crippen LogP contribution in [-0.2, 0) is 4.79 Å². The molecule has 0 saturated heterocycles. The van der Waals surface area contributed by atoms with Gasteiger partial charge in [0.25, 0.3) is 0 Å². The number of hydrogen-bond donors (Lipinski definition) is 1. The van der Waals surface area contributed by atoms with Crippen LogP contribution in [0, 0.1) is 5.92 Å². The van der Waals surface area contributed by atoms with E-state index in [1.807, 2.05) is 6.92 Å². The minimum atomic E-state index is -0.688. The van der Waals surface area contributed by atoms with Crippen LogP contribution < -0.4 is 29.6 Å². The largest absolute Gasteiger partial charge is 1.00 e. The Morgan fingerprint density at radius 3 is 2.33 bits per heavy atom. The predicted octanol–water partition coefficient (Wildman–Crippen LogP) is -1.38. The average Bonchev–Trinajstić information content (AvgIpc) is 1.67. The second kappa shape index (κ2) is 6.59. The van der Waals surface area contributed by atoms with E-state index >= 15 is 0 Å². The van der Waals surface area contributed by atoms with Crippen LogP contribution in [0.3, 0.4) is 0 Å². The zero-order valence-electron chi connectivity index (χ0n) is 7.35. The quantitative estimate of drug-likeness (QED) is 0.491. The molecule has 1 N–H and O–H groups in total. The summed E-state index contributed by atoms with van der Waals surface area (Å²) >= 11 is 0. The smallest absolute Gasteiger partial charge is 1.00 e. The van der Waals surface area contributed by atoms with Crippen LogP contribution in [0.1, 0.15) is 28.1 Å². The molecule has 1 atom stereocenters. The Kier molecular flexibility index (Phi) is 8.91. The van der Waals surface area contributed by atoms with Crippen LogP contribution in [0.5, 0.6) is 0 Å². The van der Waals surface area contributed by atoms with Gasteiger partial charge < -0.3 is 6.53 Å². The third kappa shape index (κ3) is 6.35. The zero-order valence-corrected chi connectivity index (χ0v) is 8.35. The number of carboxylic acids is 1. The van der Waals surface area contributed by atoms with Crippen molar-refractivity contribution in [1.82, 2.24) is 0 Å². The Morgan fingerprint density at radius 2 is 2.22 bits per heavy atom. The molecule has 0 radical (unpaired) electrons. The minimum Gasteiger partial charge on any atom is -1.00 e. The van der Waals surface area contributed by atoms with E-state index in [2.05, 4.69) is 0 Å². The SMILES string of the molecule is CCCC(C)C(=O)O.[H-].[Na+]. The Hall–Kier alpha value is 0.470. The number of carboxylic acid groups (broad SMARTS) is 1. The molecule has 0 saturated carbocycles. The summed E-state index contributed by atoms with van der Waals surface area (Å²) in [5.41, 5.74) is 0. The molecule has 0 fully saturated rings. The van der Waals surface area contributed by atoms with Gasteiger partial charge >= 0.3 is 35.5 Å². The molecule has 0 aliphatic rings. The van der Waals surface area contributed by atoms with Crippen molar-refractivity contribution in [3.63, 3.8) is 0 Å². The molecule has 0 aromatic heterocycles. The summed E-state index contributed by atoms with van der Waals surface area (Å²) in [4.78, 5) is 10.1. The van der Waals surface area contributed by atoms with E-state index in [9.17, 15) is 4.79 Å². The third-order valence-corrected chi connectivity index (χ3v) is 1.14. The summed E-state index contributed by atoms with van der Waals surface area (Å²) in [6.45, 7) is 3.71. The van der Waals surface area contributed by atoms with Gasteiger partial charge in [-0.05, 0) is 6.42 Å². The van der Waals surface area contributed by atoms with Crippen LogP contribution in [0.15, 0.2) is 0 Å². The number of carbonyl (C=O) groups is 1. The average molecular weight is 140 g/mol. The van der Waals surface area contributed by atoms with Crippen molar-refractivity contribution in [1.29, 1.82) is 0 Å². The molecule has 9 heavy (non-hydrogen) atoms. The summed E-state index contributed by atoms with van der Waals surface area (Å²) < 4.78 is 0. The topological polar surface area (TPSA) is 37.3 Å². The van der Waals surface area contributed by atoms with Gasteiger partial charge in [-0.2, -0.15) is 0 Å². The first-order chi connectivity index (χ1) is 3.68. The van der Waals surface area contributed by atoms with Gasteiger partial charge in [0.15, 0.2) is 0 Å². The van der Waals surface area contributed by atoms with Crippen molar-refractivity contribution >= 4 is 5.97 Å². The molecule has 0 aromatic rings. The summed E-state index contributed by atoms with van der Waals surface area (Å²) in [5, 5.41) is 8.31. The summed E-state index contributed by atoms with van der Waals surface area (Å²) in [7, 11) is 0. The van der Waals surface area contributed by atoms with E-state index in [1.165, 1.54) is 0 Å². The summed E-state index contributed by atoms with van der Waals surface area (Å²) in [6.07, 6.45) is 1.74. The summed E-state index contributed by atoms with van der Waals surface area (Å²) in [6, 6.07) is 0. The Balaban J connectivity index is -0.000000245. The van der Waals surface area contributed by atoms with Gasteiger partial charge in [-0.1, -0.05) is 20.3 Å². The maximum Gasteiger partial charge on any atom is 1.00 e. The predicted molar refractivity (Wildman–Crippen MR) is 32.8 cm³/mol. The van der Waals surface area contributed by atoms with E-state index in [0.29, 0.717) is 0 Å². The van der Waals surface area contributed by atoms with Crippen LogP contribution in [0.2, 0.25) is 0 Å². The molecule has 0 heterocycles. The maximum atomic E-state index is 10.1. The fourth-order valence-corrected chi connectivity index (χ4v) is 0.556. The van der Waals surface area contributed by atoms with Crippen LogP contribution in [0.4, 0.5) is 0 Å². The van der Waals surface area contributed by atoms with Crippen molar-refractivity contribution < 1.29 is 40.9 Å². The normalized spacial score (nSPS) is 11.8. The van der Waals surface area contributed by atoms with Crippen molar-refractivity contribution in [2.24, 2.45) is 5.92 Å². The molecule has 0 aliphatic carbocycles. The molecular weight excluding hydrogens is 127 g/mol. The van der Waals surface area contributed by atoms with E-state index in [0.717, 1.165) is 12.8 Å². The Morgan fingerprint density at radius 1 is 1.78 bits per heavy atom. The fourth-order valence-electron chi connectivity index (χ4n) is 0.556. The first kappa shape index (κ1) is 12.2. The molecule has 50 valence electrons. The molecular formula is C6H13NaO2. The van der Waals surface area contributed by atoms with E-state index in [1.54, 1.807) is 6.92 Å². The molecule has 1 unspecified atom stereocenters. The summed E-state index contributed by atoms with van der Waals surface area (Å²) in [5.74, 6) is -0.855. The Labute approximate surface area is 79.4 Å². The van der Waals surface area contributed by atoms with Gasteiger partial charge in [0.1, 0.15) is 0 Å². The molecule has 0 aromatic carbocycles. The van der Waals surface area contributed by atoms with Gasteiger partial charge in [-0.15, -0.1) is 0 Å². The van der Waals surface area contributed by atoms with Crippen LogP contribution in [0.25, 0.3) is 0 Å². The third-order valence-electron chi connectivity index (χ3n) is 1.14. The Bertz CT molecular complexity index is 87.8. The van der Waals surface area contributed by atoms with E-state index in [4.69, 9.17) is 5.11 Å². The first-order valence-electron chi connectivity index (χ1n) is 2.91. The maximum absolute atomic E-state index is 10.1. The molecule has 0 aliphatic heterocycles. The molecule has 0 amide bonds. The van der Waals surface area contributed by atoms with Crippen molar-refractivity contribution in [2.75, 3.05) is 0 Å². The first-order valence-corrected chi connectivity index (χ1v) is 2.91. The van der Waals surface area contributed by atoms with Gasteiger partial charge in [0, 0.05) is 0 Å². The van der Waals surface area contributed by atoms with Crippen molar-refractivity contribution in [2.45, 2.75) is 26.7 Å². The standard InChI is InChI=1S/C6H12O2.Na.H/c1-3-4-5(2)6(7)8;;/h5H,3-4H2,1-2H3,(H,7,8);;/q;+1;-1. The molecule has 3 heteroatoms. The monoisotopic (exact) mass is 140 g/mol. The molecule has 0 spiro atoms. The molecule has 0 rings (SSSR count). The van der Waals surface area contributed by atoms with Gasteiger partial charge in [0.05, 0.1) is 5.92 Å². The number of aliphatic carboxylic acids is 1. The van der Waals surface area contributed by atoms with Gasteiger partial charge in [-0.3, -0.25) is 4.79 Å². The molecule has 0 bridgehead atoms. The van der Waals surface area contributed by atoms with E-state index < -0.39 is 5.97 Å². The van der Waals surface area contributed by atoms with Crippen molar-refractivity contribution in [3.8, 4) is 0 Å². The second-order valence-electron chi connectivity index (χ2n) is 2.03. The number of hydrogen-bond acceptors (Lipinski definition) is 1. The van der Waals surface area contributed by atoms with Gasteiger partial charge in [0.2, 0.25) is 0 Å². The second-order valence-corrected chi connectivity index (χ2v) is 2.03. The van der Waals surface area contributed by atoms with Crippen LogP contribution >= 0.6 is 0 Å². The number of rotatable bonds is 3. The fraction of sp³-hybridized carbons (Fsp3) is 0.833. The van der Waals surface area contributed by atoms with E-state index in [-0.39, 0.29) is 36.9 Å².